The number of likely N-dealkylation sites (tertiary alicyclic amines) is 1. The maximum atomic E-state index is 12.0. The molecule has 1 aromatic carbocycles. The van der Waals surface area contributed by atoms with Gasteiger partial charge in [-0.3, -0.25) is 9.89 Å². The fourth-order valence-electron chi connectivity index (χ4n) is 4.92. The third-order valence-electron chi connectivity index (χ3n) is 6.35. The van der Waals surface area contributed by atoms with Crippen LogP contribution >= 0.6 is 23.2 Å². The zero-order valence-electron chi connectivity index (χ0n) is 15.2. The Kier molecular flexibility index (Phi) is 4.19. The van der Waals surface area contributed by atoms with Gasteiger partial charge in [0, 0.05) is 35.9 Å². The average molecular weight is 419 g/mol. The molecular formula is C20H20Cl2N4O2. The Labute approximate surface area is 171 Å². The number of aliphatic hydroxyl groups excluding tert-OH is 1. The molecule has 3 aromatic rings. The number of carbonyl (C=O) groups is 1. The molecular weight excluding hydrogens is 399 g/mol. The van der Waals surface area contributed by atoms with Crippen molar-refractivity contribution < 1.29 is 9.90 Å². The first kappa shape index (κ1) is 18.0. The van der Waals surface area contributed by atoms with E-state index in [0.717, 1.165) is 47.7 Å². The van der Waals surface area contributed by atoms with Crippen LogP contribution in [0.3, 0.4) is 0 Å². The molecule has 1 amide bonds. The van der Waals surface area contributed by atoms with Gasteiger partial charge in [-0.25, -0.2) is 0 Å². The van der Waals surface area contributed by atoms with E-state index in [4.69, 9.17) is 23.2 Å². The topological polar surface area (TPSA) is 85.0 Å². The molecule has 28 heavy (non-hydrogen) atoms. The van der Waals surface area contributed by atoms with Crippen LogP contribution in [0.5, 0.6) is 0 Å². The summed E-state index contributed by atoms with van der Waals surface area (Å²) in [7, 11) is 0. The lowest BCUT2D eigenvalue weighted by Gasteiger charge is -2.33. The predicted octanol–water partition coefficient (Wildman–Crippen LogP) is 3.56. The minimum Gasteiger partial charge on any atom is -0.387 e. The number of fused-ring (bicyclic) bond motifs is 3. The minimum atomic E-state index is -0.423. The number of aliphatic hydroxyl groups is 1. The van der Waals surface area contributed by atoms with Gasteiger partial charge < -0.3 is 15.0 Å². The van der Waals surface area contributed by atoms with E-state index in [2.05, 4.69) is 15.2 Å². The second-order valence-corrected chi connectivity index (χ2v) is 8.72. The van der Waals surface area contributed by atoms with Gasteiger partial charge in [0.05, 0.1) is 21.8 Å². The Bertz CT molecular complexity index is 1080. The number of hydrogen-bond acceptors (Lipinski definition) is 3. The molecule has 146 valence electrons. The lowest BCUT2D eigenvalue weighted by Crippen LogP contribution is -2.36. The summed E-state index contributed by atoms with van der Waals surface area (Å²) in [5.41, 5.74) is 5.35. The molecule has 1 saturated heterocycles. The number of aromatic amines is 2. The highest BCUT2D eigenvalue weighted by molar-refractivity contribution is 6.45. The molecule has 0 saturated carbocycles. The van der Waals surface area contributed by atoms with Gasteiger partial charge in [0.15, 0.2) is 0 Å². The van der Waals surface area contributed by atoms with Crippen LogP contribution in [-0.4, -0.2) is 50.8 Å². The predicted molar refractivity (Wildman–Crippen MR) is 109 cm³/mol. The molecule has 3 N–H and O–H groups in total. The van der Waals surface area contributed by atoms with Gasteiger partial charge in [0.2, 0.25) is 5.91 Å². The zero-order valence-corrected chi connectivity index (χ0v) is 16.7. The number of hydrogen-bond donors (Lipinski definition) is 3. The zero-order chi connectivity index (χ0) is 19.5. The third-order valence-corrected chi connectivity index (χ3v) is 7.14. The summed E-state index contributed by atoms with van der Waals surface area (Å²) in [5, 5.41) is 18.3. The number of nitrogens with one attached hydrogen (secondary N) is 2. The summed E-state index contributed by atoms with van der Waals surface area (Å²) >= 11 is 13.0. The summed E-state index contributed by atoms with van der Waals surface area (Å²) in [6.45, 7) is 0.978. The molecule has 2 aromatic heterocycles. The smallest absolute Gasteiger partial charge is 0.248 e. The molecule has 1 aliphatic heterocycles. The quantitative estimate of drug-likeness (QED) is 0.594. The number of H-pyrrole nitrogens is 2. The molecule has 1 atom stereocenters. The fraction of sp³-hybridized carbons (Fsp3) is 0.400. The fourth-order valence-corrected chi connectivity index (χ4v) is 5.32. The second-order valence-electron chi connectivity index (χ2n) is 7.94. The van der Waals surface area contributed by atoms with E-state index in [9.17, 15) is 9.90 Å². The maximum absolute atomic E-state index is 12.0. The van der Waals surface area contributed by atoms with Crippen molar-refractivity contribution in [3.8, 4) is 11.1 Å². The van der Waals surface area contributed by atoms with Crippen molar-refractivity contribution in [2.75, 3.05) is 19.7 Å². The van der Waals surface area contributed by atoms with Crippen molar-refractivity contribution in [1.29, 1.82) is 0 Å². The van der Waals surface area contributed by atoms with Crippen molar-refractivity contribution in [3.05, 3.63) is 39.8 Å². The Balaban J connectivity index is 1.63. The van der Waals surface area contributed by atoms with Gasteiger partial charge in [-0.1, -0.05) is 23.2 Å². The average Bonchev–Trinajstić information content (AvgIpc) is 3.43. The normalized spacial score (nSPS) is 21.6. The summed E-state index contributed by atoms with van der Waals surface area (Å²) in [6, 6.07) is 1.91. The number of aryl methyl sites for hydroxylation is 1. The van der Waals surface area contributed by atoms with Gasteiger partial charge in [-0.15, -0.1) is 0 Å². The molecule has 1 unspecified atom stereocenters. The number of benzene rings is 1. The first-order valence-electron chi connectivity index (χ1n) is 9.40. The van der Waals surface area contributed by atoms with Crippen LogP contribution in [0.1, 0.15) is 24.1 Å². The van der Waals surface area contributed by atoms with E-state index in [-0.39, 0.29) is 11.3 Å². The highest BCUT2D eigenvalue weighted by atomic mass is 35.5. The molecule has 1 spiro atoms. The summed E-state index contributed by atoms with van der Waals surface area (Å²) in [6.07, 6.45) is 7.38. The molecule has 0 radical (unpaired) electrons. The van der Waals surface area contributed by atoms with E-state index in [1.807, 2.05) is 12.3 Å². The van der Waals surface area contributed by atoms with Crippen LogP contribution in [0.15, 0.2) is 18.5 Å². The Morgan fingerprint density at radius 2 is 2.21 bits per heavy atom. The van der Waals surface area contributed by atoms with Crippen LogP contribution in [0, 0.1) is 5.41 Å². The van der Waals surface area contributed by atoms with Crippen LogP contribution in [0.25, 0.3) is 22.0 Å². The van der Waals surface area contributed by atoms with Gasteiger partial charge >= 0.3 is 0 Å². The first-order valence-corrected chi connectivity index (χ1v) is 10.2. The monoisotopic (exact) mass is 418 g/mol. The maximum Gasteiger partial charge on any atom is 0.248 e. The largest absolute Gasteiger partial charge is 0.387 e. The van der Waals surface area contributed by atoms with Crippen molar-refractivity contribution in [1.82, 2.24) is 20.1 Å². The highest BCUT2D eigenvalue weighted by Crippen LogP contribution is 2.48. The lowest BCUT2D eigenvalue weighted by molar-refractivity contribution is -0.133. The molecule has 6 nitrogen and oxygen atoms in total. The van der Waals surface area contributed by atoms with Crippen molar-refractivity contribution in [3.63, 3.8) is 0 Å². The van der Waals surface area contributed by atoms with E-state index < -0.39 is 6.61 Å². The molecule has 0 bridgehead atoms. The van der Waals surface area contributed by atoms with Gasteiger partial charge in [-0.2, -0.15) is 5.10 Å². The first-order chi connectivity index (χ1) is 13.5. The molecule has 1 aliphatic carbocycles. The van der Waals surface area contributed by atoms with Gasteiger partial charge in [0.25, 0.3) is 0 Å². The third kappa shape index (κ3) is 2.66. The SMILES string of the molecule is O=C(CO)N1CCC2(CCc3[nH]c4c(Cl)c(Cl)cc(-c5cn[nH]c5)c4c3C2)C1. The number of halogens is 2. The number of nitrogens with zero attached hydrogens (tertiary/aromatic N) is 2. The number of rotatable bonds is 2. The summed E-state index contributed by atoms with van der Waals surface area (Å²) < 4.78 is 0. The van der Waals surface area contributed by atoms with E-state index in [1.165, 1.54) is 11.3 Å². The van der Waals surface area contributed by atoms with Crippen LogP contribution in [-0.2, 0) is 17.6 Å². The van der Waals surface area contributed by atoms with Crippen LogP contribution < -0.4 is 0 Å². The molecule has 1 fully saturated rings. The van der Waals surface area contributed by atoms with E-state index >= 15 is 0 Å². The second kappa shape index (κ2) is 6.51. The van der Waals surface area contributed by atoms with Gasteiger partial charge in [0.1, 0.15) is 6.61 Å². The van der Waals surface area contributed by atoms with E-state index in [1.54, 1.807) is 11.1 Å². The van der Waals surface area contributed by atoms with Crippen molar-refractivity contribution in [2.24, 2.45) is 5.41 Å². The lowest BCUT2D eigenvalue weighted by atomic mass is 9.72. The van der Waals surface area contributed by atoms with Gasteiger partial charge in [-0.05, 0) is 48.3 Å². The summed E-state index contributed by atoms with van der Waals surface area (Å²) in [5.74, 6) is -0.185. The van der Waals surface area contributed by atoms with Crippen LogP contribution in [0.4, 0.5) is 0 Å². The van der Waals surface area contributed by atoms with Crippen LogP contribution in [0.2, 0.25) is 10.0 Å². The van der Waals surface area contributed by atoms with Crippen molar-refractivity contribution in [2.45, 2.75) is 25.7 Å². The van der Waals surface area contributed by atoms with E-state index in [0.29, 0.717) is 23.1 Å². The molecule has 8 heteroatoms. The Hall–Kier alpha value is -2.02. The number of amides is 1. The number of carbonyl (C=O) groups excluding carboxylic acids is 1. The Morgan fingerprint density at radius 1 is 1.36 bits per heavy atom. The molecule has 3 heterocycles. The standard InChI is InChI=1S/C20H20Cl2N4O2/c21-14-5-12(11-7-23-24-8-11)17-13-6-20(3-4-26(10-20)16(28)9-27)2-1-15(13)25-19(17)18(14)22/h5,7-8,25,27H,1-4,6,9-10H2,(H,23,24). The molecule has 5 rings (SSSR count). The number of aromatic nitrogens is 3. The highest BCUT2D eigenvalue weighted by Gasteiger charge is 2.43. The van der Waals surface area contributed by atoms with Crippen molar-refractivity contribution >= 4 is 40.0 Å². The summed E-state index contributed by atoms with van der Waals surface area (Å²) in [4.78, 5) is 17.3. The Morgan fingerprint density at radius 3 is 2.96 bits per heavy atom. The minimum absolute atomic E-state index is 0.0483. The molecule has 2 aliphatic rings.